The fourth-order valence-corrected chi connectivity index (χ4v) is 6.38. The highest BCUT2D eigenvalue weighted by molar-refractivity contribution is 7.07. The van der Waals surface area contributed by atoms with E-state index in [0.29, 0.717) is 52.8 Å². The molecule has 4 heterocycles. The van der Waals surface area contributed by atoms with Crippen molar-refractivity contribution in [2.45, 2.75) is 77.0 Å². The minimum atomic E-state index is -1.46. The number of hydrogen-bond donors (Lipinski definition) is 3. The van der Waals surface area contributed by atoms with Crippen molar-refractivity contribution in [2.75, 3.05) is 5.32 Å². The van der Waals surface area contributed by atoms with Gasteiger partial charge in [0.25, 0.3) is 0 Å². The first-order valence-corrected chi connectivity index (χ1v) is 14.5. The van der Waals surface area contributed by atoms with Gasteiger partial charge in [0, 0.05) is 23.9 Å². The highest BCUT2D eigenvalue weighted by Crippen LogP contribution is 2.38. The molecule has 0 saturated heterocycles. The second kappa shape index (κ2) is 10.2. The first kappa shape index (κ1) is 25.7. The normalized spacial score (nSPS) is 22.2. The van der Waals surface area contributed by atoms with Crippen molar-refractivity contribution in [1.29, 1.82) is 0 Å². The molecule has 2 saturated carbocycles. The third-order valence-corrected chi connectivity index (χ3v) is 8.95. The van der Waals surface area contributed by atoms with E-state index in [0.717, 1.165) is 38.5 Å². The molecule has 0 aliphatic heterocycles. The summed E-state index contributed by atoms with van der Waals surface area (Å²) in [5.41, 5.74) is 1.86. The molecule has 2 aliphatic rings. The van der Waals surface area contributed by atoms with Crippen molar-refractivity contribution < 1.29 is 9.63 Å². The van der Waals surface area contributed by atoms with Gasteiger partial charge in [0.05, 0.1) is 11.2 Å². The van der Waals surface area contributed by atoms with Gasteiger partial charge in [0.1, 0.15) is 11.3 Å². The van der Waals surface area contributed by atoms with E-state index in [1.165, 1.54) is 17.8 Å². The predicted octanol–water partition coefficient (Wildman–Crippen LogP) is 3.92. The van der Waals surface area contributed by atoms with Crippen LogP contribution in [0.4, 0.5) is 5.82 Å². The molecule has 4 aromatic rings. The molecule has 0 spiro atoms. The number of imidazole rings is 1. The Morgan fingerprint density at radius 2 is 2.08 bits per heavy atom. The van der Waals surface area contributed by atoms with Crippen LogP contribution in [0.15, 0.2) is 20.2 Å². The second-order valence-electron chi connectivity index (χ2n) is 11.0. The highest BCUT2D eigenvalue weighted by atomic mass is 32.1. The Morgan fingerprint density at radius 1 is 1.28 bits per heavy atom. The van der Waals surface area contributed by atoms with Crippen molar-refractivity contribution in [3.63, 3.8) is 0 Å². The Morgan fingerprint density at radius 3 is 2.69 bits per heavy atom. The molecular weight excluding hydrogens is 516 g/mol. The SMILES string of the molecule is C#CC1CCC(Cn2c(C(C)(O)c3cscn3)nc3nc(-c4noc(=O)[nH]4)nc(NC(C)C4CCC4)c32)CC1. The van der Waals surface area contributed by atoms with Crippen LogP contribution >= 0.6 is 11.3 Å². The maximum atomic E-state index is 11.8. The molecule has 11 nitrogen and oxygen atoms in total. The van der Waals surface area contributed by atoms with E-state index in [-0.39, 0.29) is 17.7 Å². The van der Waals surface area contributed by atoms with Crippen LogP contribution in [-0.2, 0) is 12.1 Å². The van der Waals surface area contributed by atoms with Gasteiger partial charge in [0.15, 0.2) is 17.1 Å². The molecule has 0 aromatic carbocycles. The molecule has 3 N–H and O–H groups in total. The molecule has 0 radical (unpaired) electrons. The molecule has 2 unspecified atom stereocenters. The van der Waals surface area contributed by atoms with E-state index in [4.69, 9.17) is 20.9 Å². The van der Waals surface area contributed by atoms with Crippen molar-refractivity contribution >= 4 is 28.3 Å². The first-order chi connectivity index (χ1) is 18.8. The van der Waals surface area contributed by atoms with Gasteiger partial charge in [0.2, 0.25) is 11.6 Å². The topological polar surface area (TPSA) is 148 Å². The number of terminal acetylenes is 1. The van der Waals surface area contributed by atoms with Crippen LogP contribution in [0.1, 0.15) is 70.3 Å². The number of H-pyrrole nitrogens is 1. The standard InChI is InChI=1S/C27H32N8O3S/c1-4-16-8-10-17(11-9-16)12-35-20-21(29-15(2)18-6-5-7-18)30-23(24-33-26(36)38-34-24)31-22(20)32-25(35)27(3,37)19-13-39-14-28-19/h1,13-18,37H,5-12H2,2-3H3,(H,29,30,31)(H,33,34,36). The third-order valence-electron chi connectivity index (χ3n) is 8.37. The summed E-state index contributed by atoms with van der Waals surface area (Å²) >= 11 is 1.42. The van der Waals surface area contributed by atoms with Crippen molar-refractivity contribution in [1.82, 2.24) is 34.6 Å². The number of rotatable bonds is 8. The van der Waals surface area contributed by atoms with Gasteiger partial charge < -0.3 is 15.0 Å². The van der Waals surface area contributed by atoms with E-state index in [9.17, 15) is 9.90 Å². The lowest BCUT2D eigenvalue weighted by atomic mass is 9.80. The number of aromatic nitrogens is 7. The van der Waals surface area contributed by atoms with Gasteiger partial charge in [-0.3, -0.25) is 9.51 Å². The summed E-state index contributed by atoms with van der Waals surface area (Å²) in [5, 5.41) is 21.1. The summed E-state index contributed by atoms with van der Waals surface area (Å²) < 4.78 is 6.78. The summed E-state index contributed by atoms with van der Waals surface area (Å²) in [6.07, 6.45) is 13.2. The number of thiazole rings is 1. The molecule has 0 amide bonds. The van der Waals surface area contributed by atoms with Crippen LogP contribution < -0.4 is 11.1 Å². The number of aromatic amines is 1. The molecule has 39 heavy (non-hydrogen) atoms. The number of nitrogens with zero attached hydrogens (tertiary/aromatic N) is 6. The Labute approximate surface area is 229 Å². The van der Waals surface area contributed by atoms with Gasteiger partial charge in [-0.15, -0.1) is 23.7 Å². The van der Waals surface area contributed by atoms with E-state index >= 15 is 0 Å². The largest absolute Gasteiger partial charge is 0.439 e. The molecule has 4 aromatic heterocycles. The van der Waals surface area contributed by atoms with E-state index in [2.05, 4.69) is 42.8 Å². The Bertz CT molecular complexity index is 1550. The molecule has 0 bridgehead atoms. The molecule has 12 heteroatoms. The molecule has 6 rings (SSSR count). The molecule has 2 aliphatic carbocycles. The van der Waals surface area contributed by atoms with Gasteiger partial charge in [-0.2, -0.15) is 0 Å². The van der Waals surface area contributed by atoms with Crippen LogP contribution in [0.3, 0.4) is 0 Å². The van der Waals surface area contributed by atoms with E-state index < -0.39 is 11.4 Å². The Hall–Kier alpha value is -3.56. The predicted molar refractivity (Wildman–Crippen MR) is 147 cm³/mol. The first-order valence-electron chi connectivity index (χ1n) is 13.5. The van der Waals surface area contributed by atoms with Crippen molar-refractivity contribution in [3.05, 3.63) is 33.0 Å². The minimum Gasteiger partial charge on any atom is -0.376 e. The number of hydrogen-bond acceptors (Lipinski definition) is 10. The Kier molecular flexibility index (Phi) is 6.72. The number of anilines is 1. The average Bonchev–Trinajstić information content (AvgIpc) is 3.64. The Balaban J connectivity index is 1.51. The molecule has 2 fully saturated rings. The zero-order valence-electron chi connectivity index (χ0n) is 22.1. The maximum absolute atomic E-state index is 11.8. The average molecular weight is 549 g/mol. The van der Waals surface area contributed by atoms with Crippen LogP contribution in [0.25, 0.3) is 22.8 Å². The van der Waals surface area contributed by atoms with Gasteiger partial charge >= 0.3 is 5.76 Å². The maximum Gasteiger partial charge on any atom is 0.439 e. The van der Waals surface area contributed by atoms with Crippen LogP contribution in [0.5, 0.6) is 0 Å². The number of fused-ring (bicyclic) bond motifs is 1. The minimum absolute atomic E-state index is 0.121. The summed E-state index contributed by atoms with van der Waals surface area (Å²) in [4.78, 5) is 33.0. The lowest BCUT2D eigenvalue weighted by Crippen LogP contribution is -2.32. The van der Waals surface area contributed by atoms with Crippen LogP contribution in [0.2, 0.25) is 0 Å². The third kappa shape index (κ3) is 4.85. The zero-order chi connectivity index (χ0) is 27.1. The fourth-order valence-electron chi connectivity index (χ4n) is 5.73. The van der Waals surface area contributed by atoms with Gasteiger partial charge in [-0.25, -0.2) is 24.7 Å². The fraction of sp³-hybridized carbons (Fsp3) is 0.556. The second-order valence-corrected chi connectivity index (χ2v) is 11.7. The lowest BCUT2D eigenvalue weighted by molar-refractivity contribution is 0.0828. The van der Waals surface area contributed by atoms with Crippen molar-refractivity contribution in [3.8, 4) is 24.0 Å². The van der Waals surface area contributed by atoms with Crippen molar-refractivity contribution in [2.24, 2.45) is 17.8 Å². The quantitative estimate of drug-likeness (QED) is 0.279. The van der Waals surface area contributed by atoms with Crippen LogP contribution in [-0.4, -0.2) is 45.8 Å². The molecule has 2 atom stereocenters. The lowest BCUT2D eigenvalue weighted by Gasteiger charge is -2.32. The molecule has 204 valence electrons. The molecular formula is C27H32N8O3S. The van der Waals surface area contributed by atoms with Crippen LogP contribution in [0, 0.1) is 30.1 Å². The van der Waals surface area contributed by atoms with E-state index in [1.54, 1.807) is 12.4 Å². The van der Waals surface area contributed by atoms with Gasteiger partial charge in [-0.05, 0) is 64.2 Å². The summed E-state index contributed by atoms with van der Waals surface area (Å²) in [5.74, 6) is 4.78. The number of aliphatic hydroxyl groups is 1. The monoisotopic (exact) mass is 548 g/mol. The zero-order valence-corrected chi connectivity index (χ0v) is 22.9. The van der Waals surface area contributed by atoms with E-state index in [1.807, 2.05) is 5.38 Å². The smallest absolute Gasteiger partial charge is 0.376 e. The summed E-state index contributed by atoms with van der Waals surface area (Å²) in [6, 6.07) is 0.165. The summed E-state index contributed by atoms with van der Waals surface area (Å²) in [6.45, 7) is 4.51. The summed E-state index contributed by atoms with van der Waals surface area (Å²) in [7, 11) is 0. The van der Waals surface area contributed by atoms with Gasteiger partial charge in [-0.1, -0.05) is 11.6 Å². The number of nitrogens with one attached hydrogen (secondary N) is 2. The highest BCUT2D eigenvalue weighted by Gasteiger charge is 2.37.